The van der Waals surface area contributed by atoms with Crippen molar-refractivity contribution in [2.75, 3.05) is 0 Å². The van der Waals surface area contributed by atoms with Crippen LogP contribution < -0.4 is 0 Å². The van der Waals surface area contributed by atoms with Gasteiger partial charge in [-0.15, -0.1) is 0 Å². The van der Waals surface area contributed by atoms with Gasteiger partial charge in [-0.1, -0.05) is 25.2 Å². The number of hydrogen-bond acceptors (Lipinski definition) is 4. The van der Waals surface area contributed by atoms with Crippen molar-refractivity contribution in [1.82, 2.24) is 14.6 Å². The van der Waals surface area contributed by atoms with Crippen LogP contribution >= 0.6 is 11.3 Å². The number of aromatic nitrogens is 3. The first kappa shape index (κ1) is 14.6. The number of halogens is 2. The van der Waals surface area contributed by atoms with Crippen LogP contribution in [0.4, 0.5) is 8.78 Å². The van der Waals surface area contributed by atoms with E-state index in [-0.39, 0.29) is 17.0 Å². The van der Waals surface area contributed by atoms with Crippen molar-refractivity contribution in [3.8, 4) is 17.3 Å². The molecule has 0 saturated heterocycles. The fourth-order valence-electron chi connectivity index (χ4n) is 2.19. The Balaban J connectivity index is 2.17. The number of nitriles is 1. The lowest BCUT2D eigenvalue weighted by Gasteiger charge is -2.01. The number of hydrogen-bond donors (Lipinski definition) is 0. The van der Waals surface area contributed by atoms with Crippen molar-refractivity contribution in [1.29, 1.82) is 5.26 Å². The molecule has 4 nitrogen and oxygen atoms in total. The van der Waals surface area contributed by atoms with Crippen molar-refractivity contribution in [2.45, 2.75) is 20.3 Å². The maximum Gasteiger partial charge on any atom is 0.214 e. The van der Waals surface area contributed by atoms with Crippen LogP contribution in [0.25, 0.3) is 16.2 Å². The summed E-state index contributed by atoms with van der Waals surface area (Å²) < 4.78 is 28.7. The fourth-order valence-corrected chi connectivity index (χ4v) is 3.29. The molecular weight excluding hydrogens is 306 g/mol. The number of benzene rings is 1. The normalized spacial score (nSPS) is 11.3. The highest BCUT2D eigenvalue weighted by molar-refractivity contribution is 7.16. The second-order valence-electron chi connectivity index (χ2n) is 5.33. The van der Waals surface area contributed by atoms with Crippen molar-refractivity contribution in [3.63, 3.8) is 0 Å². The molecule has 0 amide bonds. The minimum Gasteiger partial charge on any atom is -0.216 e. The molecule has 22 heavy (non-hydrogen) atoms. The van der Waals surface area contributed by atoms with Crippen molar-refractivity contribution >= 4 is 16.3 Å². The summed E-state index contributed by atoms with van der Waals surface area (Å²) in [4.78, 5) is 4.78. The third kappa shape index (κ3) is 2.46. The van der Waals surface area contributed by atoms with E-state index in [1.54, 1.807) is 0 Å². The van der Waals surface area contributed by atoms with Crippen LogP contribution in [0.2, 0.25) is 0 Å². The average molecular weight is 318 g/mol. The molecular formula is C15H12F2N4S. The zero-order valence-corrected chi connectivity index (χ0v) is 12.8. The SMILES string of the molecule is CC(C)Cc1nn2c(C#N)c(-c3cc(F)ccc3F)nc2s1. The van der Waals surface area contributed by atoms with Crippen molar-refractivity contribution in [2.24, 2.45) is 5.92 Å². The van der Waals surface area contributed by atoms with Gasteiger partial charge >= 0.3 is 0 Å². The molecule has 0 aliphatic carbocycles. The Morgan fingerprint density at radius 3 is 2.82 bits per heavy atom. The highest BCUT2D eigenvalue weighted by Gasteiger charge is 2.20. The number of imidazole rings is 1. The van der Waals surface area contributed by atoms with Crippen molar-refractivity contribution < 1.29 is 8.78 Å². The maximum absolute atomic E-state index is 13.9. The minimum atomic E-state index is -0.619. The molecule has 0 bridgehead atoms. The fraction of sp³-hybridized carbons (Fsp3) is 0.267. The van der Waals surface area contributed by atoms with Gasteiger partial charge in [0.05, 0.1) is 0 Å². The van der Waals surface area contributed by atoms with E-state index >= 15 is 0 Å². The molecule has 0 radical (unpaired) electrons. The molecule has 3 aromatic rings. The Morgan fingerprint density at radius 2 is 2.14 bits per heavy atom. The second-order valence-corrected chi connectivity index (χ2v) is 6.37. The van der Waals surface area contributed by atoms with Crippen LogP contribution in [0.3, 0.4) is 0 Å². The topological polar surface area (TPSA) is 54.0 Å². The summed E-state index contributed by atoms with van der Waals surface area (Å²) in [6.45, 7) is 4.14. The summed E-state index contributed by atoms with van der Waals surface area (Å²) in [7, 11) is 0. The number of fused-ring (bicyclic) bond motifs is 1. The van der Waals surface area contributed by atoms with E-state index in [4.69, 9.17) is 0 Å². The Hall–Kier alpha value is -2.33. The molecule has 0 unspecified atom stereocenters. The zero-order chi connectivity index (χ0) is 15.9. The molecule has 0 fully saturated rings. The third-order valence-electron chi connectivity index (χ3n) is 3.12. The van der Waals surface area contributed by atoms with E-state index in [9.17, 15) is 14.0 Å². The smallest absolute Gasteiger partial charge is 0.214 e. The van der Waals surface area contributed by atoms with Gasteiger partial charge in [-0.3, -0.25) is 0 Å². The minimum absolute atomic E-state index is 0.0281. The first-order chi connectivity index (χ1) is 10.5. The molecule has 7 heteroatoms. The molecule has 3 rings (SSSR count). The molecule has 0 N–H and O–H groups in total. The van der Waals surface area contributed by atoms with Gasteiger partial charge in [0.2, 0.25) is 4.96 Å². The molecule has 112 valence electrons. The predicted octanol–water partition coefficient (Wildman–Crippen LogP) is 3.81. The monoisotopic (exact) mass is 318 g/mol. The molecule has 0 aliphatic rings. The lowest BCUT2D eigenvalue weighted by atomic mass is 10.1. The van der Waals surface area contributed by atoms with Gasteiger partial charge in [0.25, 0.3) is 0 Å². The second kappa shape index (κ2) is 5.46. The molecule has 0 spiro atoms. The van der Waals surface area contributed by atoms with E-state index in [0.29, 0.717) is 10.9 Å². The summed E-state index contributed by atoms with van der Waals surface area (Å²) in [6.07, 6.45) is 0.780. The summed E-state index contributed by atoms with van der Waals surface area (Å²) in [6, 6.07) is 5.08. The van der Waals surface area contributed by atoms with Crippen LogP contribution in [-0.4, -0.2) is 14.6 Å². The Morgan fingerprint density at radius 1 is 1.36 bits per heavy atom. The highest BCUT2D eigenvalue weighted by atomic mass is 32.1. The quantitative estimate of drug-likeness (QED) is 0.738. The van der Waals surface area contributed by atoms with E-state index in [0.717, 1.165) is 29.6 Å². The van der Waals surface area contributed by atoms with E-state index in [1.165, 1.54) is 15.9 Å². The first-order valence-electron chi connectivity index (χ1n) is 6.73. The Bertz CT molecular complexity index is 889. The van der Waals surface area contributed by atoms with E-state index in [1.807, 2.05) is 6.07 Å². The maximum atomic E-state index is 13.9. The third-order valence-corrected chi connectivity index (χ3v) is 4.05. The molecule has 2 aromatic heterocycles. The highest BCUT2D eigenvalue weighted by Crippen LogP contribution is 2.29. The standard InChI is InChI=1S/C15H12F2N4S/c1-8(2)5-13-20-21-12(7-18)14(19-15(21)22-13)10-6-9(16)3-4-11(10)17/h3-4,6,8H,5H2,1-2H3. The van der Waals surface area contributed by atoms with Gasteiger partial charge in [0, 0.05) is 12.0 Å². The molecule has 1 aromatic carbocycles. The predicted molar refractivity (Wildman–Crippen MR) is 79.5 cm³/mol. The van der Waals surface area contributed by atoms with E-state index < -0.39 is 11.6 Å². The molecule has 0 aliphatic heterocycles. The van der Waals surface area contributed by atoms with Gasteiger partial charge in [0.1, 0.15) is 28.4 Å². The van der Waals surface area contributed by atoms with E-state index in [2.05, 4.69) is 23.9 Å². The van der Waals surface area contributed by atoms with Crippen LogP contribution in [0.1, 0.15) is 24.5 Å². The van der Waals surface area contributed by atoms with Crippen LogP contribution in [0, 0.1) is 28.9 Å². The number of rotatable bonds is 3. The van der Waals surface area contributed by atoms with Gasteiger partial charge in [-0.2, -0.15) is 14.9 Å². The summed E-state index contributed by atoms with van der Waals surface area (Å²) in [5.41, 5.74) is 0.208. The van der Waals surface area contributed by atoms with Crippen molar-refractivity contribution in [3.05, 3.63) is 40.5 Å². The summed E-state index contributed by atoms with van der Waals surface area (Å²) in [5, 5.41) is 14.6. The lowest BCUT2D eigenvalue weighted by molar-refractivity contribution is 0.602. The van der Waals surface area contributed by atoms with Gasteiger partial charge < -0.3 is 0 Å². The molecule has 0 saturated carbocycles. The first-order valence-corrected chi connectivity index (χ1v) is 7.55. The van der Waals surface area contributed by atoms with Gasteiger partial charge in [-0.25, -0.2) is 13.8 Å². The van der Waals surface area contributed by atoms with Crippen LogP contribution in [0.15, 0.2) is 18.2 Å². The Labute approximate surface area is 129 Å². The molecule has 2 heterocycles. The summed E-state index contributed by atoms with van der Waals surface area (Å²) in [5.74, 6) is -0.766. The van der Waals surface area contributed by atoms with Crippen LogP contribution in [-0.2, 0) is 6.42 Å². The summed E-state index contributed by atoms with van der Waals surface area (Å²) >= 11 is 1.35. The zero-order valence-electron chi connectivity index (χ0n) is 12.0. The van der Waals surface area contributed by atoms with Gasteiger partial charge in [-0.05, 0) is 24.1 Å². The lowest BCUT2D eigenvalue weighted by Crippen LogP contribution is -1.97. The largest absolute Gasteiger partial charge is 0.216 e. The Kier molecular flexibility index (Phi) is 3.62. The molecule has 0 atom stereocenters. The van der Waals surface area contributed by atoms with Gasteiger partial charge in [0.15, 0.2) is 5.69 Å². The van der Waals surface area contributed by atoms with Crippen LogP contribution in [0.5, 0.6) is 0 Å². The average Bonchev–Trinajstić information content (AvgIpc) is 2.97. The number of nitrogens with zero attached hydrogens (tertiary/aromatic N) is 4.